The van der Waals surface area contributed by atoms with Gasteiger partial charge in [0.2, 0.25) is 0 Å². The summed E-state index contributed by atoms with van der Waals surface area (Å²) in [7, 11) is 0. The lowest BCUT2D eigenvalue weighted by Crippen LogP contribution is -2.51. The number of rotatable bonds is 4. The van der Waals surface area contributed by atoms with Gasteiger partial charge in [-0.15, -0.1) is 6.42 Å². The molecular formula is C14H15NO3. The van der Waals surface area contributed by atoms with Gasteiger partial charge >= 0.3 is 6.09 Å². The van der Waals surface area contributed by atoms with Crippen LogP contribution in [0.15, 0.2) is 30.3 Å². The summed E-state index contributed by atoms with van der Waals surface area (Å²) in [6, 6.07) is 9.59. The molecule has 0 spiro atoms. The molecule has 0 atom stereocenters. The van der Waals surface area contributed by atoms with Crippen LogP contribution in [0, 0.1) is 12.3 Å². The Kier molecular flexibility index (Phi) is 4.21. The molecule has 0 bridgehead atoms. The SMILES string of the molecule is C#CCN(C(=O)OCc1ccccc1)C1COC1. The maximum atomic E-state index is 11.9. The lowest BCUT2D eigenvalue weighted by atomic mass is 10.2. The van der Waals surface area contributed by atoms with Crippen molar-refractivity contribution >= 4 is 6.09 Å². The second kappa shape index (κ2) is 6.08. The van der Waals surface area contributed by atoms with Gasteiger partial charge in [0.05, 0.1) is 25.8 Å². The predicted molar refractivity (Wildman–Crippen MR) is 66.8 cm³/mol. The second-order valence-electron chi connectivity index (χ2n) is 4.06. The van der Waals surface area contributed by atoms with E-state index in [2.05, 4.69) is 5.92 Å². The van der Waals surface area contributed by atoms with Gasteiger partial charge in [-0.05, 0) is 5.56 Å². The summed E-state index contributed by atoms with van der Waals surface area (Å²) in [5.41, 5.74) is 0.955. The molecule has 0 N–H and O–H groups in total. The van der Waals surface area contributed by atoms with Crippen LogP contribution in [0.3, 0.4) is 0 Å². The number of nitrogens with zero attached hydrogens (tertiary/aromatic N) is 1. The molecule has 0 unspecified atom stereocenters. The van der Waals surface area contributed by atoms with Crippen molar-refractivity contribution in [3.8, 4) is 12.3 Å². The first-order valence-electron chi connectivity index (χ1n) is 5.80. The number of ether oxygens (including phenoxy) is 2. The minimum absolute atomic E-state index is 0.0457. The molecule has 1 heterocycles. The highest BCUT2D eigenvalue weighted by Gasteiger charge is 2.30. The Morgan fingerprint density at radius 2 is 2.17 bits per heavy atom. The molecule has 4 nitrogen and oxygen atoms in total. The Hall–Kier alpha value is -1.99. The van der Waals surface area contributed by atoms with Gasteiger partial charge in [-0.3, -0.25) is 4.90 Å². The Balaban J connectivity index is 1.87. The van der Waals surface area contributed by atoms with Crippen molar-refractivity contribution in [1.29, 1.82) is 0 Å². The van der Waals surface area contributed by atoms with E-state index < -0.39 is 0 Å². The Labute approximate surface area is 106 Å². The van der Waals surface area contributed by atoms with Crippen LogP contribution in [0.1, 0.15) is 5.56 Å². The van der Waals surface area contributed by atoms with Crippen LogP contribution in [0.4, 0.5) is 4.79 Å². The van der Waals surface area contributed by atoms with E-state index in [0.29, 0.717) is 13.2 Å². The average molecular weight is 245 g/mol. The third kappa shape index (κ3) is 3.02. The molecule has 1 aliphatic heterocycles. The summed E-state index contributed by atoms with van der Waals surface area (Å²) in [4.78, 5) is 13.4. The van der Waals surface area contributed by atoms with Crippen molar-refractivity contribution < 1.29 is 14.3 Å². The quantitative estimate of drug-likeness (QED) is 0.757. The van der Waals surface area contributed by atoms with Crippen molar-refractivity contribution in [1.82, 2.24) is 4.90 Å². The van der Waals surface area contributed by atoms with Crippen molar-refractivity contribution in [3.63, 3.8) is 0 Å². The number of hydrogen-bond donors (Lipinski definition) is 0. The normalized spacial score (nSPS) is 14.4. The molecule has 18 heavy (non-hydrogen) atoms. The van der Waals surface area contributed by atoms with Gasteiger partial charge in [0, 0.05) is 0 Å². The molecule has 2 rings (SSSR count). The fraction of sp³-hybridized carbons (Fsp3) is 0.357. The number of hydrogen-bond acceptors (Lipinski definition) is 3. The molecule has 0 radical (unpaired) electrons. The third-order valence-corrected chi connectivity index (χ3v) is 2.76. The van der Waals surface area contributed by atoms with E-state index in [4.69, 9.17) is 15.9 Å². The molecule has 1 aliphatic rings. The van der Waals surface area contributed by atoms with Crippen LogP contribution >= 0.6 is 0 Å². The fourth-order valence-electron chi connectivity index (χ4n) is 1.65. The first-order valence-corrected chi connectivity index (χ1v) is 5.80. The Morgan fingerprint density at radius 3 is 2.72 bits per heavy atom. The van der Waals surface area contributed by atoms with Crippen molar-refractivity contribution in [3.05, 3.63) is 35.9 Å². The third-order valence-electron chi connectivity index (χ3n) is 2.76. The first kappa shape index (κ1) is 12.5. The zero-order valence-corrected chi connectivity index (χ0v) is 10.0. The molecule has 94 valence electrons. The van der Waals surface area contributed by atoms with E-state index in [0.717, 1.165) is 5.56 Å². The van der Waals surface area contributed by atoms with Gasteiger partial charge in [0.25, 0.3) is 0 Å². The Bertz CT molecular complexity index is 434. The van der Waals surface area contributed by atoms with E-state index >= 15 is 0 Å². The summed E-state index contributed by atoms with van der Waals surface area (Å²) in [6.07, 6.45) is 4.87. The number of carbonyl (C=O) groups is 1. The molecule has 1 fully saturated rings. The second-order valence-corrected chi connectivity index (χ2v) is 4.06. The highest BCUT2D eigenvalue weighted by atomic mass is 16.6. The summed E-state index contributed by atoms with van der Waals surface area (Å²) < 4.78 is 10.3. The van der Waals surface area contributed by atoms with Gasteiger partial charge in [0.15, 0.2) is 0 Å². The van der Waals surface area contributed by atoms with Crippen LogP contribution in [-0.2, 0) is 16.1 Å². The molecule has 0 aromatic heterocycles. The lowest BCUT2D eigenvalue weighted by molar-refractivity contribution is -0.0570. The molecule has 1 saturated heterocycles. The standard InChI is InChI=1S/C14H15NO3/c1-2-8-15(13-10-17-11-13)14(16)18-9-12-6-4-3-5-7-12/h1,3-7,13H,8-11H2. The first-order chi connectivity index (χ1) is 8.81. The number of benzene rings is 1. The summed E-state index contributed by atoms with van der Waals surface area (Å²) >= 11 is 0. The zero-order chi connectivity index (χ0) is 12.8. The summed E-state index contributed by atoms with van der Waals surface area (Å²) in [5, 5.41) is 0. The smallest absolute Gasteiger partial charge is 0.411 e. The molecular weight excluding hydrogens is 230 g/mol. The summed E-state index contributed by atoms with van der Waals surface area (Å²) in [5.74, 6) is 2.47. The monoisotopic (exact) mass is 245 g/mol. The average Bonchev–Trinajstić information content (AvgIpc) is 2.34. The minimum Gasteiger partial charge on any atom is -0.445 e. The molecule has 1 aromatic rings. The van der Waals surface area contributed by atoms with Crippen molar-refractivity contribution in [2.45, 2.75) is 12.6 Å². The van der Waals surface area contributed by atoms with Crippen LogP contribution in [0.2, 0.25) is 0 Å². The molecule has 1 aromatic carbocycles. The van der Waals surface area contributed by atoms with E-state index in [1.807, 2.05) is 30.3 Å². The molecule has 1 amide bonds. The maximum absolute atomic E-state index is 11.9. The van der Waals surface area contributed by atoms with Crippen LogP contribution in [0.5, 0.6) is 0 Å². The predicted octanol–water partition coefficient (Wildman–Crippen LogP) is 1.66. The topological polar surface area (TPSA) is 38.8 Å². The fourth-order valence-corrected chi connectivity index (χ4v) is 1.65. The number of terminal acetylenes is 1. The molecule has 0 saturated carbocycles. The van der Waals surface area contributed by atoms with E-state index in [9.17, 15) is 4.79 Å². The molecule has 0 aliphatic carbocycles. The van der Waals surface area contributed by atoms with Gasteiger partial charge in [-0.1, -0.05) is 36.3 Å². The summed E-state index contributed by atoms with van der Waals surface area (Å²) in [6.45, 7) is 1.57. The largest absolute Gasteiger partial charge is 0.445 e. The molecule has 4 heteroatoms. The zero-order valence-electron chi connectivity index (χ0n) is 10.0. The van der Waals surface area contributed by atoms with E-state index in [-0.39, 0.29) is 25.3 Å². The number of amides is 1. The minimum atomic E-state index is -0.384. The Morgan fingerprint density at radius 1 is 1.44 bits per heavy atom. The van der Waals surface area contributed by atoms with Gasteiger partial charge < -0.3 is 9.47 Å². The lowest BCUT2D eigenvalue weighted by Gasteiger charge is -2.35. The van der Waals surface area contributed by atoms with Crippen LogP contribution in [0.25, 0.3) is 0 Å². The van der Waals surface area contributed by atoms with Gasteiger partial charge in [-0.2, -0.15) is 0 Å². The van der Waals surface area contributed by atoms with Gasteiger partial charge in [0.1, 0.15) is 6.61 Å². The maximum Gasteiger partial charge on any atom is 0.411 e. The van der Waals surface area contributed by atoms with Crippen molar-refractivity contribution in [2.24, 2.45) is 0 Å². The highest BCUT2D eigenvalue weighted by molar-refractivity contribution is 5.68. The van der Waals surface area contributed by atoms with E-state index in [1.54, 1.807) is 0 Å². The number of carbonyl (C=O) groups excluding carboxylic acids is 1. The van der Waals surface area contributed by atoms with Gasteiger partial charge in [-0.25, -0.2) is 4.79 Å². The highest BCUT2D eigenvalue weighted by Crippen LogP contribution is 2.12. The van der Waals surface area contributed by atoms with Crippen LogP contribution in [-0.4, -0.2) is 36.8 Å². The van der Waals surface area contributed by atoms with Crippen LogP contribution < -0.4 is 0 Å². The van der Waals surface area contributed by atoms with Crippen molar-refractivity contribution in [2.75, 3.05) is 19.8 Å². The van der Waals surface area contributed by atoms with E-state index in [1.165, 1.54) is 4.90 Å².